The highest BCUT2D eigenvalue weighted by Crippen LogP contribution is 2.36. The van der Waals surface area contributed by atoms with Crippen LogP contribution >= 0.6 is 23.2 Å². The first-order chi connectivity index (χ1) is 15.0. The quantitative estimate of drug-likeness (QED) is 0.537. The smallest absolute Gasteiger partial charge is 0.227 e. The summed E-state index contributed by atoms with van der Waals surface area (Å²) in [5.41, 5.74) is 6.35. The molecule has 1 aliphatic rings. The van der Waals surface area contributed by atoms with Crippen molar-refractivity contribution in [3.8, 4) is 0 Å². The number of anilines is 1. The molecule has 0 aliphatic carbocycles. The number of benzene rings is 1. The van der Waals surface area contributed by atoms with Crippen LogP contribution in [-0.4, -0.2) is 63.1 Å². The highest BCUT2D eigenvalue weighted by molar-refractivity contribution is 6.69. The zero-order chi connectivity index (χ0) is 23.6. The summed E-state index contributed by atoms with van der Waals surface area (Å²) in [6, 6.07) is 3.13. The third-order valence-electron chi connectivity index (χ3n) is 5.81. The molecule has 0 amide bonds. The monoisotopic (exact) mass is 482 g/mol. The van der Waals surface area contributed by atoms with Crippen molar-refractivity contribution in [1.82, 2.24) is 14.9 Å². The van der Waals surface area contributed by atoms with E-state index in [2.05, 4.69) is 20.3 Å². The Hall–Kier alpha value is -2.00. The first-order valence-corrected chi connectivity index (χ1v) is 11.2. The Morgan fingerprint density at radius 3 is 2.81 bits per heavy atom. The van der Waals surface area contributed by atoms with Gasteiger partial charge in [0.2, 0.25) is 5.95 Å². The van der Waals surface area contributed by atoms with Crippen LogP contribution in [0.5, 0.6) is 0 Å². The molecule has 1 aromatic heterocycles. The fraction of sp³-hybridized carbons (Fsp3) is 0.500. The van der Waals surface area contributed by atoms with E-state index in [1.807, 2.05) is 18.0 Å². The molecule has 3 atom stereocenters. The van der Waals surface area contributed by atoms with Gasteiger partial charge >= 0.3 is 0 Å². The standard InChI is InChI=1S/C22H29Cl2FN6O/c1-12(22(2,3)32)28-20(24)19(9-26)30-21-27-10-13-7-16(23)15(8-18(13)29-21)14-5-6-31(4)11-17(14)25/h7-10,12,14,17,32H,5-6,11,26H2,1-4H3,(H,27,29,30)/b19-9+,28-20?. The largest absolute Gasteiger partial charge is 0.403 e. The number of rotatable bonds is 6. The molecule has 32 heavy (non-hydrogen) atoms. The molecule has 1 aromatic carbocycles. The Bertz CT molecular complexity index is 1040. The maximum Gasteiger partial charge on any atom is 0.227 e. The average Bonchev–Trinajstić information content (AvgIpc) is 2.71. The number of alkyl halides is 1. The van der Waals surface area contributed by atoms with E-state index < -0.39 is 17.8 Å². The average molecular weight is 483 g/mol. The summed E-state index contributed by atoms with van der Waals surface area (Å²) in [6.07, 6.45) is 2.57. The molecule has 0 bridgehead atoms. The topological polar surface area (TPSA) is 99.7 Å². The van der Waals surface area contributed by atoms with Gasteiger partial charge < -0.3 is 21.1 Å². The minimum absolute atomic E-state index is 0.0919. The number of nitrogens with zero attached hydrogens (tertiary/aromatic N) is 4. The Morgan fingerprint density at radius 1 is 1.47 bits per heavy atom. The second kappa shape index (κ2) is 9.87. The molecule has 0 radical (unpaired) electrons. The number of halogens is 3. The van der Waals surface area contributed by atoms with E-state index in [0.29, 0.717) is 29.2 Å². The molecule has 0 saturated carbocycles. The van der Waals surface area contributed by atoms with E-state index in [9.17, 15) is 9.50 Å². The van der Waals surface area contributed by atoms with E-state index in [0.717, 1.165) is 17.5 Å². The molecule has 1 saturated heterocycles. The lowest BCUT2D eigenvalue weighted by Crippen LogP contribution is -2.38. The lowest BCUT2D eigenvalue weighted by atomic mass is 9.87. The van der Waals surface area contributed by atoms with Crippen LogP contribution in [0.3, 0.4) is 0 Å². The second-order valence-corrected chi connectivity index (χ2v) is 9.52. The number of aromatic nitrogens is 2. The number of fused-ring (bicyclic) bond motifs is 1. The number of aliphatic hydroxyl groups is 1. The van der Waals surface area contributed by atoms with Gasteiger partial charge in [-0.05, 0) is 58.5 Å². The van der Waals surface area contributed by atoms with Crippen molar-refractivity contribution in [3.63, 3.8) is 0 Å². The summed E-state index contributed by atoms with van der Waals surface area (Å²) >= 11 is 12.8. The fourth-order valence-corrected chi connectivity index (χ4v) is 4.07. The number of nitrogens with one attached hydrogen (secondary N) is 1. The van der Waals surface area contributed by atoms with E-state index in [1.54, 1.807) is 33.0 Å². The maximum absolute atomic E-state index is 14.7. The third kappa shape index (κ3) is 5.67. The molecule has 174 valence electrons. The summed E-state index contributed by atoms with van der Waals surface area (Å²) in [5.74, 6) is -0.0224. The van der Waals surface area contributed by atoms with Crippen molar-refractivity contribution in [3.05, 3.63) is 40.8 Å². The van der Waals surface area contributed by atoms with Crippen LogP contribution in [0, 0.1) is 0 Å². The minimum atomic E-state index is -1.04. The Balaban J connectivity index is 1.88. The second-order valence-electron chi connectivity index (χ2n) is 8.75. The van der Waals surface area contributed by atoms with Crippen LogP contribution in [0.25, 0.3) is 10.9 Å². The molecule has 1 fully saturated rings. The number of hydrogen-bond donors (Lipinski definition) is 3. The summed E-state index contributed by atoms with van der Waals surface area (Å²) in [5, 5.41) is 14.4. The fourth-order valence-electron chi connectivity index (χ4n) is 3.50. The van der Waals surface area contributed by atoms with Crippen molar-refractivity contribution in [2.45, 2.75) is 50.9 Å². The molecular weight excluding hydrogens is 454 g/mol. The molecule has 10 heteroatoms. The highest BCUT2D eigenvalue weighted by atomic mass is 35.5. The van der Waals surface area contributed by atoms with Crippen molar-refractivity contribution in [2.75, 3.05) is 25.5 Å². The molecule has 4 N–H and O–H groups in total. The number of nitrogens with two attached hydrogens (primary N) is 1. The first-order valence-electron chi connectivity index (χ1n) is 10.4. The Kier molecular flexibility index (Phi) is 7.60. The molecule has 1 aliphatic heterocycles. The van der Waals surface area contributed by atoms with Crippen LogP contribution < -0.4 is 11.1 Å². The predicted molar refractivity (Wildman–Crippen MR) is 129 cm³/mol. The maximum atomic E-state index is 14.7. The van der Waals surface area contributed by atoms with Crippen LogP contribution in [0.2, 0.25) is 5.02 Å². The van der Waals surface area contributed by atoms with Gasteiger partial charge in [0.15, 0.2) is 0 Å². The number of allylic oxidation sites excluding steroid dienone is 1. The summed E-state index contributed by atoms with van der Waals surface area (Å²) in [4.78, 5) is 15.1. The zero-order valence-corrected chi connectivity index (χ0v) is 20.1. The van der Waals surface area contributed by atoms with Crippen molar-refractivity contribution in [2.24, 2.45) is 10.7 Å². The van der Waals surface area contributed by atoms with E-state index in [1.165, 1.54) is 6.20 Å². The number of aliphatic imine (C=N–C) groups is 1. The molecule has 2 heterocycles. The molecule has 3 rings (SSSR count). The van der Waals surface area contributed by atoms with Crippen LogP contribution in [0.4, 0.5) is 10.3 Å². The SMILES string of the molecule is CC(N=C(Cl)/C(=C\N)Nc1ncc2cc(Cl)c(C3CCN(C)CC3F)cc2n1)C(C)(C)O. The molecule has 0 spiro atoms. The van der Waals surface area contributed by atoms with Crippen molar-refractivity contribution in [1.29, 1.82) is 0 Å². The number of hydrogen-bond acceptors (Lipinski definition) is 7. The Labute approximate surface area is 197 Å². The van der Waals surface area contributed by atoms with Crippen molar-refractivity contribution < 1.29 is 9.50 Å². The lowest BCUT2D eigenvalue weighted by molar-refractivity contribution is 0.0591. The van der Waals surface area contributed by atoms with Gasteiger partial charge in [-0.15, -0.1) is 0 Å². The van der Waals surface area contributed by atoms with Gasteiger partial charge in [-0.2, -0.15) is 0 Å². The number of likely N-dealkylation sites (tertiary alicyclic amines) is 1. The normalized spacial score (nSPS) is 22.2. The molecule has 2 aromatic rings. The summed E-state index contributed by atoms with van der Waals surface area (Å²) < 4.78 is 14.7. The zero-order valence-electron chi connectivity index (χ0n) is 18.6. The summed E-state index contributed by atoms with van der Waals surface area (Å²) in [6.45, 7) is 6.22. The first kappa shape index (κ1) is 24.6. The Morgan fingerprint density at radius 2 is 2.19 bits per heavy atom. The minimum Gasteiger partial charge on any atom is -0.403 e. The lowest BCUT2D eigenvalue weighted by Gasteiger charge is -2.33. The highest BCUT2D eigenvalue weighted by Gasteiger charge is 2.30. The molecule has 3 unspecified atom stereocenters. The van der Waals surface area contributed by atoms with Gasteiger partial charge in [-0.25, -0.2) is 14.4 Å². The van der Waals surface area contributed by atoms with Gasteiger partial charge in [-0.1, -0.05) is 23.2 Å². The van der Waals surface area contributed by atoms with E-state index in [-0.39, 0.29) is 17.0 Å². The molecular formula is C22H29Cl2FN6O. The van der Waals surface area contributed by atoms with Gasteiger partial charge in [0.25, 0.3) is 0 Å². The summed E-state index contributed by atoms with van der Waals surface area (Å²) in [7, 11) is 1.91. The van der Waals surface area contributed by atoms with Crippen molar-refractivity contribution >= 4 is 45.2 Å². The molecule has 7 nitrogen and oxygen atoms in total. The van der Waals surface area contributed by atoms with Gasteiger partial charge in [0.05, 0.1) is 22.9 Å². The van der Waals surface area contributed by atoms with Crippen LogP contribution in [0.15, 0.2) is 35.2 Å². The third-order valence-corrected chi connectivity index (χ3v) is 6.44. The number of piperidine rings is 1. The van der Waals surface area contributed by atoms with Crippen LogP contribution in [-0.2, 0) is 0 Å². The van der Waals surface area contributed by atoms with E-state index in [4.69, 9.17) is 28.9 Å². The van der Waals surface area contributed by atoms with Crippen LogP contribution in [0.1, 0.15) is 38.7 Å². The van der Waals surface area contributed by atoms with Gasteiger partial charge in [-0.3, -0.25) is 4.99 Å². The van der Waals surface area contributed by atoms with Gasteiger partial charge in [0.1, 0.15) is 11.3 Å². The van der Waals surface area contributed by atoms with E-state index >= 15 is 0 Å². The predicted octanol–water partition coefficient (Wildman–Crippen LogP) is 4.05. The van der Waals surface area contributed by atoms with Gasteiger partial charge in [0, 0.05) is 35.3 Å².